The van der Waals surface area contributed by atoms with Crippen LogP contribution in [0.4, 0.5) is 9.59 Å². The Kier molecular flexibility index (Phi) is 14.5. The van der Waals surface area contributed by atoms with Crippen LogP contribution in [0, 0.1) is 5.92 Å². The van der Waals surface area contributed by atoms with Gasteiger partial charge in [0.1, 0.15) is 31.1 Å². The van der Waals surface area contributed by atoms with Gasteiger partial charge >= 0.3 is 12.1 Å². The summed E-state index contributed by atoms with van der Waals surface area (Å²) in [6.07, 6.45) is -0.433. The first-order valence-corrected chi connectivity index (χ1v) is 17.8. The first-order chi connectivity index (χ1) is 24.4. The third-order valence-electron chi connectivity index (χ3n) is 8.27. The third-order valence-corrected chi connectivity index (χ3v) is 9.02. The van der Waals surface area contributed by atoms with E-state index in [0.717, 1.165) is 16.0 Å². The van der Waals surface area contributed by atoms with Gasteiger partial charge in [0.05, 0.1) is 34.7 Å². The van der Waals surface area contributed by atoms with E-state index in [0.29, 0.717) is 11.6 Å². The molecule has 0 saturated heterocycles. The van der Waals surface area contributed by atoms with E-state index in [1.807, 2.05) is 74.5 Å². The van der Waals surface area contributed by atoms with Crippen LogP contribution >= 0.6 is 11.3 Å². The SMILES string of the molecule is CC(C)c1nc(CN(C)C(=O)N[C@H](C(=O)N[C@@H](Cc2ccccc2)[C@H](O)[C@@H](O)[C@H](Cc2ccccc2)NC(=O)OCc2cncs2)C(C)C)co1. The average Bonchev–Trinajstić information content (AvgIpc) is 3.82. The quantitative estimate of drug-likeness (QED) is 0.106. The minimum absolute atomic E-state index is 0.00499. The van der Waals surface area contributed by atoms with Crippen LogP contribution in [0.2, 0.25) is 0 Å². The monoisotopic (exact) mass is 720 g/mol. The molecule has 0 saturated carbocycles. The summed E-state index contributed by atoms with van der Waals surface area (Å²) < 4.78 is 10.9. The van der Waals surface area contributed by atoms with Crippen LogP contribution in [0.3, 0.4) is 0 Å². The van der Waals surface area contributed by atoms with Gasteiger partial charge in [-0.05, 0) is 29.9 Å². The molecule has 0 unspecified atom stereocenters. The van der Waals surface area contributed by atoms with Gasteiger partial charge in [-0.1, -0.05) is 88.4 Å². The van der Waals surface area contributed by atoms with Crippen LogP contribution in [-0.4, -0.2) is 80.5 Å². The molecule has 5 N–H and O–H groups in total. The van der Waals surface area contributed by atoms with Crippen molar-refractivity contribution in [2.45, 2.75) is 89.9 Å². The van der Waals surface area contributed by atoms with E-state index in [2.05, 4.69) is 25.9 Å². The topological polar surface area (TPSA) is 179 Å². The summed E-state index contributed by atoms with van der Waals surface area (Å²) in [7, 11) is 1.59. The minimum atomic E-state index is -1.54. The summed E-state index contributed by atoms with van der Waals surface area (Å²) in [5.41, 5.74) is 3.81. The number of aromatic nitrogens is 2. The van der Waals surface area contributed by atoms with Crippen LogP contribution in [-0.2, 0) is 35.5 Å². The number of thiazole rings is 1. The summed E-state index contributed by atoms with van der Waals surface area (Å²) in [5, 5.41) is 31.8. The number of benzene rings is 2. The summed E-state index contributed by atoms with van der Waals surface area (Å²) in [5.74, 6) is -0.212. The number of alkyl carbamates (subject to hydrolysis) is 1. The highest BCUT2D eigenvalue weighted by Crippen LogP contribution is 2.18. The number of rotatable bonds is 17. The molecule has 4 aromatic rings. The lowest BCUT2D eigenvalue weighted by Crippen LogP contribution is -2.60. The van der Waals surface area contributed by atoms with Gasteiger partial charge in [-0.15, -0.1) is 11.3 Å². The van der Waals surface area contributed by atoms with Gasteiger partial charge in [0.2, 0.25) is 5.91 Å². The Morgan fingerprint density at radius 3 is 1.98 bits per heavy atom. The average molecular weight is 721 g/mol. The number of oxazole rings is 1. The number of hydrogen-bond acceptors (Lipinski definition) is 10. The van der Waals surface area contributed by atoms with Crippen LogP contribution in [0.5, 0.6) is 0 Å². The second-order valence-electron chi connectivity index (χ2n) is 13.1. The Labute approximate surface area is 302 Å². The van der Waals surface area contributed by atoms with Crippen LogP contribution in [0.1, 0.15) is 61.2 Å². The molecule has 0 fully saturated rings. The summed E-state index contributed by atoms with van der Waals surface area (Å²) >= 11 is 1.34. The lowest BCUT2D eigenvalue weighted by molar-refractivity contribution is -0.126. The number of aliphatic hydroxyl groups is 2. The van der Waals surface area contributed by atoms with Crippen molar-refractivity contribution < 1.29 is 33.8 Å². The van der Waals surface area contributed by atoms with Crippen molar-refractivity contribution in [1.29, 1.82) is 0 Å². The number of ether oxygens (including phenoxy) is 1. The summed E-state index contributed by atoms with van der Waals surface area (Å²) in [4.78, 5) is 50.6. The molecular weight excluding hydrogens is 673 g/mol. The highest BCUT2D eigenvalue weighted by atomic mass is 32.1. The van der Waals surface area contributed by atoms with Crippen LogP contribution in [0.25, 0.3) is 0 Å². The van der Waals surface area contributed by atoms with E-state index in [1.165, 1.54) is 22.5 Å². The molecule has 13 nitrogen and oxygen atoms in total. The second kappa shape index (κ2) is 19.0. The van der Waals surface area contributed by atoms with E-state index in [1.54, 1.807) is 32.6 Å². The highest BCUT2D eigenvalue weighted by Gasteiger charge is 2.36. The Balaban J connectivity index is 1.50. The van der Waals surface area contributed by atoms with Gasteiger partial charge in [-0.25, -0.2) is 14.6 Å². The minimum Gasteiger partial charge on any atom is -0.448 e. The van der Waals surface area contributed by atoms with Crippen LogP contribution < -0.4 is 16.0 Å². The molecule has 0 aliphatic heterocycles. The Hall–Kier alpha value is -4.79. The fourth-order valence-corrected chi connectivity index (χ4v) is 5.90. The van der Waals surface area contributed by atoms with Crippen LogP contribution in [0.15, 0.2) is 83.1 Å². The third kappa shape index (κ3) is 11.9. The van der Waals surface area contributed by atoms with Crippen molar-refractivity contribution in [3.05, 3.63) is 106 Å². The van der Waals surface area contributed by atoms with E-state index in [4.69, 9.17) is 9.15 Å². The molecule has 4 rings (SSSR count). The Morgan fingerprint density at radius 2 is 1.47 bits per heavy atom. The van der Waals surface area contributed by atoms with Crippen molar-refractivity contribution in [1.82, 2.24) is 30.8 Å². The van der Waals surface area contributed by atoms with Gasteiger partial charge in [0.25, 0.3) is 0 Å². The van der Waals surface area contributed by atoms with Gasteiger partial charge in [0, 0.05) is 19.2 Å². The largest absolute Gasteiger partial charge is 0.448 e. The molecule has 0 aliphatic carbocycles. The normalized spacial score (nSPS) is 14.3. The summed E-state index contributed by atoms with van der Waals surface area (Å²) in [6, 6.07) is 14.9. The van der Waals surface area contributed by atoms with E-state index in [-0.39, 0.29) is 37.8 Å². The van der Waals surface area contributed by atoms with Gasteiger partial charge in [-0.3, -0.25) is 9.78 Å². The summed E-state index contributed by atoms with van der Waals surface area (Å²) in [6.45, 7) is 7.67. The lowest BCUT2D eigenvalue weighted by Gasteiger charge is -2.34. The molecule has 2 heterocycles. The van der Waals surface area contributed by atoms with E-state index in [9.17, 15) is 24.6 Å². The first kappa shape index (κ1) is 39.0. The number of carbonyl (C=O) groups excluding carboxylic acids is 3. The molecule has 0 spiro atoms. The van der Waals surface area contributed by atoms with Crippen molar-refractivity contribution >= 4 is 29.4 Å². The lowest BCUT2D eigenvalue weighted by atomic mass is 9.90. The zero-order valence-corrected chi connectivity index (χ0v) is 30.4. The molecule has 2 aromatic carbocycles. The molecule has 0 aliphatic rings. The number of hydrogen-bond donors (Lipinski definition) is 5. The molecule has 14 heteroatoms. The number of amides is 4. The van der Waals surface area contributed by atoms with Gasteiger partial charge < -0.3 is 40.2 Å². The second-order valence-corrected chi connectivity index (χ2v) is 14.1. The number of urea groups is 1. The van der Waals surface area contributed by atoms with Crippen molar-refractivity contribution in [2.75, 3.05) is 7.05 Å². The smallest absolute Gasteiger partial charge is 0.407 e. The molecule has 4 amide bonds. The van der Waals surface area contributed by atoms with Crippen molar-refractivity contribution in [3.8, 4) is 0 Å². The molecule has 51 heavy (non-hydrogen) atoms. The Morgan fingerprint density at radius 1 is 0.882 bits per heavy atom. The predicted octanol–water partition coefficient (Wildman–Crippen LogP) is 4.41. The standard InChI is InChI=1S/C37H48N6O7S/c1-23(2)31(42-36(47)43(5)19-27-20-49-35(39-27)24(3)4)34(46)40-29(16-25-12-8-6-9-13-25)32(44)33(45)30(17-26-14-10-7-11-15-26)41-37(48)50-21-28-18-38-22-51-28/h6-15,18,20,22-24,29-33,44-45H,16-17,19,21H2,1-5H3,(H,40,46)(H,41,48)(H,42,47)/t29-,30-,31-,32-,33-/m0/s1. The van der Waals surface area contributed by atoms with E-state index >= 15 is 0 Å². The number of carbonyl (C=O) groups is 3. The molecule has 0 radical (unpaired) electrons. The maximum absolute atomic E-state index is 13.9. The number of aliphatic hydroxyl groups excluding tert-OH is 2. The van der Waals surface area contributed by atoms with Crippen molar-refractivity contribution in [2.24, 2.45) is 5.92 Å². The molecule has 0 bridgehead atoms. The van der Waals surface area contributed by atoms with E-state index < -0.39 is 48.4 Å². The highest BCUT2D eigenvalue weighted by molar-refractivity contribution is 7.09. The zero-order chi connectivity index (χ0) is 36.9. The molecule has 5 atom stereocenters. The molecule has 274 valence electrons. The predicted molar refractivity (Wildman–Crippen MR) is 193 cm³/mol. The molecular formula is C37H48N6O7S. The zero-order valence-electron chi connectivity index (χ0n) is 29.6. The maximum atomic E-state index is 13.9. The maximum Gasteiger partial charge on any atom is 0.407 e. The number of nitrogens with one attached hydrogen (secondary N) is 3. The fourth-order valence-electron chi connectivity index (χ4n) is 5.40. The first-order valence-electron chi connectivity index (χ1n) is 16.9. The molecule has 2 aromatic heterocycles. The van der Waals surface area contributed by atoms with Gasteiger partial charge in [0.15, 0.2) is 5.89 Å². The Bertz CT molecular complexity index is 1650. The van der Waals surface area contributed by atoms with Crippen molar-refractivity contribution in [3.63, 3.8) is 0 Å². The number of nitrogens with zero attached hydrogens (tertiary/aromatic N) is 3. The van der Waals surface area contributed by atoms with Gasteiger partial charge in [-0.2, -0.15) is 0 Å². The fraction of sp³-hybridized carbons (Fsp3) is 0.432.